The molecule has 7 heteroatoms. The van der Waals surface area contributed by atoms with E-state index < -0.39 is 5.97 Å². The van der Waals surface area contributed by atoms with E-state index in [-0.39, 0.29) is 0 Å². The molecule has 0 aliphatic carbocycles. The standard InChI is InChI=1S/C17H17BrN4O2/c1-4-11(17(23)24)8-14-10(2)20-21(3)16(14)22-6-5-12-7-13(18)9-19-15(12)22/h5-9H,4H2,1-3H3,(H,23,24)/b11-8+. The van der Waals surface area contributed by atoms with Gasteiger partial charge in [0.25, 0.3) is 0 Å². The number of nitrogens with zero attached hydrogens (tertiary/aromatic N) is 4. The molecule has 0 atom stereocenters. The highest BCUT2D eigenvalue weighted by molar-refractivity contribution is 9.10. The smallest absolute Gasteiger partial charge is 0.331 e. The summed E-state index contributed by atoms with van der Waals surface area (Å²) in [5, 5.41) is 14.8. The lowest BCUT2D eigenvalue weighted by atomic mass is 10.1. The molecule has 3 aromatic heterocycles. The molecule has 3 rings (SSSR count). The van der Waals surface area contributed by atoms with Crippen molar-refractivity contribution in [1.29, 1.82) is 0 Å². The van der Waals surface area contributed by atoms with E-state index in [4.69, 9.17) is 0 Å². The molecule has 6 nitrogen and oxygen atoms in total. The summed E-state index contributed by atoms with van der Waals surface area (Å²) in [5.41, 5.74) is 2.71. The van der Waals surface area contributed by atoms with Gasteiger partial charge in [-0.05, 0) is 47.5 Å². The number of fused-ring (bicyclic) bond motifs is 1. The van der Waals surface area contributed by atoms with Crippen LogP contribution in [-0.2, 0) is 11.8 Å². The van der Waals surface area contributed by atoms with Gasteiger partial charge in [-0.25, -0.2) is 9.78 Å². The summed E-state index contributed by atoms with van der Waals surface area (Å²) < 4.78 is 4.59. The van der Waals surface area contributed by atoms with Crippen LogP contribution in [0, 0.1) is 6.92 Å². The highest BCUT2D eigenvalue weighted by Gasteiger charge is 2.17. The van der Waals surface area contributed by atoms with Crippen LogP contribution >= 0.6 is 15.9 Å². The van der Waals surface area contributed by atoms with E-state index in [0.717, 1.165) is 32.6 Å². The molecule has 0 radical (unpaired) electrons. The Kier molecular flexibility index (Phi) is 4.28. The molecule has 0 aromatic carbocycles. The highest BCUT2D eigenvalue weighted by Crippen LogP contribution is 2.27. The highest BCUT2D eigenvalue weighted by atomic mass is 79.9. The van der Waals surface area contributed by atoms with Gasteiger partial charge < -0.3 is 5.11 Å². The number of carboxylic acids is 1. The zero-order valence-electron chi connectivity index (χ0n) is 13.6. The summed E-state index contributed by atoms with van der Waals surface area (Å²) in [5.74, 6) is -0.115. The van der Waals surface area contributed by atoms with Crippen molar-refractivity contribution in [3.8, 4) is 5.82 Å². The number of aromatic nitrogens is 4. The molecule has 1 N–H and O–H groups in total. The average Bonchev–Trinajstić information content (AvgIpc) is 3.04. The van der Waals surface area contributed by atoms with Gasteiger partial charge in [-0.15, -0.1) is 0 Å². The number of carboxylic acid groups (broad SMARTS) is 1. The van der Waals surface area contributed by atoms with Crippen molar-refractivity contribution in [2.75, 3.05) is 0 Å². The minimum absolute atomic E-state index is 0.347. The number of hydrogen-bond acceptors (Lipinski definition) is 3. The fourth-order valence-electron chi connectivity index (χ4n) is 2.77. The number of aliphatic carboxylic acids is 1. The maximum Gasteiger partial charge on any atom is 0.331 e. The molecular weight excluding hydrogens is 372 g/mol. The van der Waals surface area contributed by atoms with Crippen LogP contribution in [0.3, 0.4) is 0 Å². The van der Waals surface area contributed by atoms with Crippen LogP contribution in [0.5, 0.6) is 0 Å². The van der Waals surface area contributed by atoms with Crippen LogP contribution in [-0.4, -0.2) is 30.4 Å². The number of pyridine rings is 1. The van der Waals surface area contributed by atoms with Crippen molar-refractivity contribution < 1.29 is 9.90 Å². The molecule has 0 aliphatic rings. The first-order valence-electron chi connectivity index (χ1n) is 7.52. The third-order valence-corrected chi connectivity index (χ3v) is 4.37. The average molecular weight is 389 g/mol. The van der Waals surface area contributed by atoms with Crippen molar-refractivity contribution in [3.63, 3.8) is 0 Å². The van der Waals surface area contributed by atoms with Gasteiger partial charge in [-0.3, -0.25) is 9.25 Å². The van der Waals surface area contributed by atoms with Crippen molar-refractivity contribution in [2.45, 2.75) is 20.3 Å². The Bertz CT molecular complexity index is 969. The molecule has 3 heterocycles. The topological polar surface area (TPSA) is 72.9 Å². The van der Waals surface area contributed by atoms with Crippen LogP contribution in [0.15, 0.2) is 34.6 Å². The lowest BCUT2D eigenvalue weighted by Gasteiger charge is -2.08. The predicted octanol–water partition coefficient (Wildman–Crippen LogP) is 3.71. The molecule has 0 spiro atoms. The molecule has 0 bridgehead atoms. The lowest BCUT2D eigenvalue weighted by Crippen LogP contribution is -2.05. The largest absolute Gasteiger partial charge is 0.478 e. The van der Waals surface area contributed by atoms with Gasteiger partial charge in [0, 0.05) is 40.4 Å². The zero-order valence-corrected chi connectivity index (χ0v) is 15.2. The number of aryl methyl sites for hydroxylation is 2. The molecule has 0 unspecified atom stereocenters. The third-order valence-electron chi connectivity index (χ3n) is 3.93. The second-order valence-electron chi connectivity index (χ2n) is 5.53. The summed E-state index contributed by atoms with van der Waals surface area (Å²) in [7, 11) is 1.84. The Labute approximate surface area is 147 Å². The van der Waals surface area contributed by atoms with Crippen LogP contribution in [0.1, 0.15) is 24.6 Å². The SMILES string of the molecule is CC/C(=C\c1c(C)nn(C)c1-n1ccc2cc(Br)cnc21)C(=O)O. The van der Waals surface area contributed by atoms with Crippen molar-refractivity contribution in [3.05, 3.63) is 45.8 Å². The van der Waals surface area contributed by atoms with Crippen molar-refractivity contribution in [1.82, 2.24) is 19.3 Å². The summed E-state index contributed by atoms with van der Waals surface area (Å²) in [6, 6.07) is 3.97. The van der Waals surface area contributed by atoms with Gasteiger partial charge in [0.15, 0.2) is 0 Å². The quantitative estimate of drug-likeness (QED) is 0.691. The molecular formula is C17H17BrN4O2. The fourth-order valence-corrected chi connectivity index (χ4v) is 3.12. The Hall–Kier alpha value is -2.41. The minimum Gasteiger partial charge on any atom is -0.478 e. The van der Waals surface area contributed by atoms with Crippen LogP contribution in [0.4, 0.5) is 0 Å². The van der Waals surface area contributed by atoms with E-state index in [9.17, 15) is 9.90 Å². The molecule has 0 aliphatic heterocycles. The molecule has 0 amide bonds. The van der Waals surface area contributed by atoms with Gasteiger partial charge in [0.1, 0.15) is 11.5 Å². The Balaban J connectivity index is 2.26. The summed E-state index contributed by atoms with van der Waals surface area (Å²) in [4.78, 5) is 15.9. The summed E-state index contributed by atoms with van der Waals surface area (Å²) in [6.07, 6.45) is 5.81. The molecule has 0 saturated carbocycles. The van der Waals surface area contributed by atoms with Crippen molar-refractivity contribution in [2.24, 2.45) is 7.05 Å². The fraction of sp³-hybridized carbons (Fsp3) is 0.235. The summed E-state index contributed by atoms with van der Waals surface area (Å²) >= 11 is 3.42. The van der Waals surface area contributed by atoms with Gasteiger partial charge in [-0.2, -0.15) is 5.10 Å². The maximum atomic E-state index is 11.4. The second-order valence-corrected chi connectivity index (χ2v) is 6.44. The number of rotatable bonds is 4. The Morgan fingerprint density at radius 2 is 2.21 bits per heavy atom. The van der Waals surface area contributed by atoms with E-state index in [2.05, 4.69) is 26.0 Å². The molecule has 0 fully saturated rings. The van der Waals surface area contributed by atoms with E-state index in [1.54, 1.807) is 17.0 Å². The van der Waals surface area contributed by atoms with Crippen LogP contribution in [0.2, 0.25) is 0 Å². The number of halogens is 1. The van der Waals surface area contributed by atoms with Crippen LogP contribution in [0.25, 0.3) is 22.9 Å². The molecule has 24 heavy (non-hydrogen) atoms. The van der Waals surface area contributed by atoms with Crippen LogP contribution < -0.4 is 0 Å². The first kappa shape index (κ1) is 16.4. The second kappa shape index (κ2) is 6.24. The summed E-state index contributed by atoms with van der Waals surface area (Å²) in [6.45, 7) is 3.70. The zero-order chi connectivity index (χ0) is 17.4. The minimum atomic E-state index is -0.911. The van der Waals surface area contributed by atoms with Gasteiger partial charge >= 0.3 is 5.97 Å². The Morgan fingerprint density at radius 1 is 1.46 bits per heavy atom. The lowest BCUT2D eigenvalue weighted by molar-refractivity contribution is -0.132. The van der Waals surface area contributed by atoms with Gasteiger partial charge in [0.05, 0.1) is 5.69 Å². The normalized spacial score (nSPS) is 12.1. The first-order valence-corrected chi connectivity index (χ1v) is 8.32. The van der Waals surface area contributed by atoms with Gasteiger partial charge in [-0.1, -0.05) is 6.92 Å². The maximum absolute atomic E-state index is 11.4. The predicted molar refractivity (Wildman–Crippen MR) is 96.2 cm³/mol. The Morgan fingerprint density at radius 3 is 2.88 bits per heavy atom. The third kappa shape index (κ3) is 2.75. The first-order chi connectivity index (χ1) is 11.4. The monoisotopic (exact) mass is 388 g/mol. The number of hydrogen-bond donors (Lipinski definition) is 1. The molecule has 3 aromatic rings. The van der Waals surface area contributed by atoms with E-state index in [1.165, 1.54) is 0 Å². The molecule has 124 valence electrons. The van der Waals surface area contributed by atoms with E-state index >= 15 is 0 Å². The van der Waals surface area contributed by atoms with Crippen molar-refractivity contribution >= 4 is 39.0 Å². The van der Waals surface area contributed by atoms with E-state index in [0.29, 0.717) is 12.0 Å². The van der Waals surface area contributed by atoms with Gasteiger partial charge in [0.2, 0.25) is 0 Å². The molecule has 0 saturated heterocycles. The number of carbonyl (C=O) groups is 1. The van der Waals surface area contributed by atoms with E-state index in [1.807, 2.05) is 43.8 Å².